The van der Waals surface area contributed by atoms with Crippen LogP contribution in [0.25, 0.3) is 10.9 Å². The van der Waals surface area contributed by atoms with Crippen LogP contribution in [-0.4, -0.2) is 4.98 Å². The van der Waals surface area contributed by atoms with Gasteiger partial charge in [-0.05, 0) is 35.7 Å². The lowest BCUT2D eigenvalue weighted by molar-refractivity contribution is 0.922. The Hall–Kier alpha value is -2.35. The Morgan fingerprint density at radius 1 is 0.952 bits per heavy atom. The quantitative estimate of drug-likeness (QED) is 0.724. The van der Waals surface area contributed by atoms with E-state index in [-0.39, 0.29) is 0 Å². The number of pyridine rings is 1. The number of hydrogen-bond donors (Lipinski definition) is 1. The molecule has 0 saturated carbocycles. The third-order valence-corrected chi connectivity index (χ3v) is 3.69. The Balaban J connectivity index is 1.74. The molecule has 1 heterocycles. The summed E-state index contributed by atoms with van der Waals surface area (Å²) in [5.74, 6) is 0. The summed E-state index contributed by atoms with van der Waals surface area (Å²) in [7, 11) is 0. The lowest BCUT2D eigenvalue weighted by atomic mass is 10.1. The fraction of sp³-hybridized carbons (Fsp3) is 0.211. The Kier molecular flexibility index (Phi) is 4.15. The van der Waals surface area contributed by atoms with Gasteiger partial charge in [0.05, 0.1) is 5.52 Å². The molecule has 0 fully saturated rings. The molecule has 0 aliphatic heterocycles. The van der Waals surface area contributed by atoms with Crippen molar-refractivity contribution >= 4 is 16.6 Å². The summed E-state index contributed by atoms with van der Waals surface area (Å²) >= 11 is 0. The average Bonchev–Trinajstić information content (AvgIpc) is 2.54. The van der Waals surface area contributed by atoms with Crippen molar-refractivity contribution in [3.8, 4) is 0 Å². The van der Waals surface area contributed by atoms with Crippen molar-refractivity contribution in [2.45, 2.75) is 26.3 Å². The van der Waals surface area contributed by atoms with E-state index in [4.69, 9.17) is 0 Å². The molecule has 0 aliphatic rings. The number of fused-ring (bicyclic) bond motifs is 1. The van der Waals surface area contributed by atoms with Gasteiger partial charge in [0, 0.05) is 23.8 Å². The standard InChI is InChI=1S/C19H20N2/c1-2-5-15-9-11-18(12-10-15)21-14-17-7-3-6-16-8-4-13-20-19(16)17/h3-4,6-13,21H,2,5,14H2,1H3. The highest BCUT2D eigenvalue weighted by Gasteiger charge is 2.01. The molecule has 1 N–H and O–H groups in total. The largest absolute Gasteiger partial charge is 0.381 e. The number of nitrogens with zero attached hydrogens (tertiary/aromatic N) is 1. The molecule has 2 heteroatoms. The molecule has 21 heavy (non-hydrogen) atoms. The van der Waals surface area contributed by atoms with Gasteiger partial charge in [0.2, 0.25) is 0 Å². The number of anilines is 1. The number of aromatic nitrogens is 1. The molecule has 3 rings (SSSR count). The van der Waals surface area contributed by atoms with Gasteiger partial charge in [-0.1, -0.05) is 49.7 Å². The molecular formula is C19H20N2. The van der Waals surface area contributed by atoms with Crippen molar-refractivity contribution in [2.75, 3.05) is 5.32 Å². The molecule has 0 aliphatic carbocycles. The van der Waals surface area contributed by atoms with E-state index in [1.165, 1.54) is 22.9 Å². The van der Waals surface area contributed by atoms with Gasteiger partial charge in [0.25, 0.3) is 0 Å². The van der Waals surface area contributed by atoms with Crippen LogP contribution in [0.2, 0.25) is 0 Å². The monoisotopic (exact) mass is 276 g/mol. The van der Waals surface area contributed by atoms with E-state index in [0.29, 0.717) is 0 Å². The van der Waals surface area contributed by atoms with Crippen molar-refractivity contribution in [1.29, 1.82) is 0 Å². The summed E-state index contributed by atoms with van der Waals surface area (Å²) in [6.07, 6.45) is 4.19. The van der Waals surface area contributed by atoms with Crippen LogP contribution in [0.3, 0.4) is 0 Å². The van der Waals surface area contributed by atoms with Crippen LogP contribution < -0.4 is 5.32 Å². The predicted molar refractivity (Wildman–Crippen MR) is 89.5 cm³/mol. The fourth-order valence-corrected chi connectivity index (χ4v) is 2.59. The molecular weight excluding hydrogens is 256 g/mol. The maximum atomic E-state index is 4.49. The first-order chi connectivity index (χ1) is 10.4. The minimum atomic E-state index is 0.793. The summed E-state index contributed by atoms with van der Waals surface area (Å²) in [5, 5.41) is 4.67. The Labute approximate surface area is 125 Å². The predicted octanol–water partition coefficient (Wildman–Crippen LogP) is 4.80. The molecule has 106 valence electrons. The molecule has 1 aromatic heterocycles. The van der Waals surface area contributed by atoms with Crippen molar-refractivity contribution in [3.05, 3.63) is 71.9 Å². The molecule has 0 saturated heterocycles. The highest BCUT2D eigenvalue weighted by Crippen LogP contribution is 2.18. The maximum absolute atomic E-state index is 4.49. The smallest absolute Gasteiger partial charge is 0.0751 e. The van der Waals surface area contributed by atoms with Crippen LogP contribution in [-0.2, 0) is 13.0 Å². The van der Waals surface area contributed by atoms with Crippen molar-refractivity contribution < 1.29 is 0 Å². The van der Waals surface area contributed by atoms with Gasteiger partial charge in [-0.3, -0.25) is 4.98 Å². The summed E-state index contributed by atoms with van der Waals surface area (Å²) in [4.78, 5) is 4.49. The summed E-state index contributed by atoms with van der Waals surface area (Å²) in [6.45, 7) is 3.00. The molecule has 0 amide bonds. The molecule has 2 nitrogen and oxygen atoms in total. The molecule has 0 spiro atoms. The molecule has 0 unspecified atom stereocenters. The number of benzene rings is 2. The van der Waals surface area contributed by atoms with Crippen LogP contribution >= 0.6 is 0 Å². The van der Waals surface area contributed by atoms with Gasteiger partial charge in [-0.2, -0.15) is 0 Å². The van der Waals surface area contributed by atoms with E-state index in [2.05, 4.69) is 65.8 Å². The minimum absolute atomic E-state index is 0.793. The summed E-state index contributed by atoms with van der Waals surface area (Å²) in [6, 6.07) is 19.1. The number of nitrogens with one attached hydrogen (secondary N) is 1. The van der Waals surface area contributed by atoms with E-state index in [0.717, 1.165) is 24.2 Å². The van der Waals surface area contributed by atoms with Gasteiger partial charge in [0.15, 0.2) is 0 Å². The zero-order valence-corrected chi connectivity index (χ0v) is 12.3. The van der Waals surface area contributed by atoms with Crippen molar-refractivity contribution in [1.82, 2.24) is 4.98 Å². The van der Waals surface area contributed by atoms with Crippen LogP contribution in [0.5, 0.6) is 0 Å². The van der Waals surface area contributed by atoms with E-state index in [1.807, 2.05) is 12.3 Å². The third kappa shape index (κ3) is 3.22. The first-order valence-corrected chi connectivity index (χ1v) is 7.52. The number of rotatable bonds is 5. The third-order valence-electron chi connectivity index (χ3n) is 3.69. The SMILES string of the molecule is CCCc1ccc(NCc2cccc3cccnc23)cc1. The van der Waals surface area contributed by atoms with E-state index >= 15 is 0 Å². The van der Waals surface area contributed by atoms with Crippen LogP contribution in [0.15, 0.2) is 60.8 Å². The Morgan fingerprint density at radius 3 is 2.57 bits per heavy atom. The Bertz CT molecular complexity index is 712. The first-order valence-electron chi connectivity index (χ1n) is 7.52. The van der Waals surface area contributed by atoms with Gasteiger partial charge < -0.3 is 5.32 Å². The van der Waals surface area contributed by atoms with Crippen LogP contribution in [0.1, 0.15) is 24.5 Å². The summed E-state index contributed by atoms with van der Waals surface area (Å²) in [5.41, 5.74) is 4.86. The fourth-order valence-electron chi connectivity index (χ4n) is 2.59. The first kappa shape index (κ1) is 13.6. The average molecular weight is 276 g/mol. The summed E-state index contributed by atoms with van der Waals surface area (Å²) < 4.78 is 0. The zero-order valence-electron chi connectivity index (χ0n) is 12.3. The normalized spacial score (nSPS) is 10.7. The van der Waals surface area contributed by atoms with E-state index in [9.17, 15) is 0 Å². The second-order valence-corrected chi connectivity index (χ2v) is 5.29. The van der Waals surface area contributed by atoms with Gasteiger partial charge in [-0.25, -0.2) is 0 Å². The van der Waals surface area contributed by atoms with Crippen molar-refractivity contribution in [2.24, 2.45) is 0 Å². The van der Waals surface area contributed by atoms with Gasteiger partial charge in [0.1, 0.15) is 0 Å². The van der Waals surface area contributed by atoms with E-state index in [1.54, 1.807) is 0 Å². The van der Waals surface area contributed by atoms with Gasteiger partial charge >= 0.3 is 0 Å². The second kappa shape index (κ2) is 6.40. The second-order valence-electron chi connectivity index (χ2n) is 5.29. The topological polar surface area (TPSA) is 24.9 Å². The zero-order chi connectivity index (χ0) is 14.5. The van der Waals surface area contributed by atoms with Crippen LogP contribution in [0, 0.1) is 0 Å². The highest BCUT2D eigenvalue weighted by atomic mass is 14.9. The lowest BCUT2D eigenvalue weighted by Crippen LogP contribution is -2.00. The van der Waals surface area contributed by atoms with Gasteiger partial charge in [-0.15, -0.1) is 0 Å². The number of para-hydroxylation sites is 1. The van der Waals surface area contributed by atoms with E-state index < -0.39 is 0 Å². The Morgan fingerprint density at radius 2 is 1.76 bits per heavy atom. The molecule has 0 radical (unpaired) electrons. The molecule has 0 bridgehead atoms. The minimum Gasteiger partial charge on any atom is -0.381 e. The maximum Gasteiger partial charge on any atom is 0.0751 e. The van der Waals surface area contributed by atoms with Crippen LogP contribution in [0.4, 0.5) is 5.69 Å². The molecule has 2 aromatic carbocycles. The number of aryl methyl sites for hydroxylation is 1. The highest BCUT2D eigenvalue weighted by molar-refractivity contribution is 5.81. The number of hydrogen-bond acceptors (Lipinski definition) is 2. The van der Waals surface area contributed by atoms with Crippen molar-refractivity contribution in [3.63, 3.8) is 0 Å². The lowest BCUT2D eigenvalue weighted by Gasteiger charge is -2.09. The molecule has 3 aromatic rings. The molecule has 0 atom stereocenters.